The van der Waals surface area contributed by atoms with E-state index in [1.807, 2.05) is 6.92 Å². The SMILES string of the molecule is CCCCCCCCCCCCCCCCCC(=O)C(O)(CO)C(O)C(=O)CCCCC. The summed E-state index contributed by atoms with van der Waals surface area (Å²) in [6.45, 7) is 3.33. The van der Waals surface area contributed by atoms with Gasteiger partial charge in [-0.2, -0.15) is 0 Å². The first-order valence-corrected chi connectivity index (χ1v) is 13.5. The van der Waals surface area contributed by atoms with E-state index in [2.05, 4.69) is 6.92 Å². The van der Waals surface area contributed by atoms with Crippen molar-refractivity contribution in [2.45, 2.75) is 154 Å². The van der Waals surface area contributed by atoms with Gasteiger partial charge in [-0.1, -0.05) is 117 Å². The van der Waals surface area contributed by atoms with Gasteiger partial charge in [0.2, 0.25) is 0 Å². The normalized spacial score (nSPS) is 14.3. The summed E-state index contributed by atoms with van der Waals surface area (Å²) in [6, 6.07) is 0. The fourth-order valence-corrected chi connectivity index (χ4v) is 4.15. The molecule has 5 nitrogen and oxygen atoms in total. The Morgan fingerprint density at radius 3 is 1.38 bits per heavy atom. The van der Waals surface area contributed by atoms with Crippen LogP contribution >= 0.6 is 0 Å². The number of ketones is 2. The van der Waals surface area contributed by atoms with Gasteiger partial charge < -0.3 is 15.3 Å². The van der Waals surface area contributed by atoms with Crippen LogP contribution < -0.4 is 0 Å². The van der Waals surface area contributed by atoms with Crippen LogP contribution in [0.15, 0.2) is 0 Å². The van der Waals surface area contributed by atoms with Gasteiger partial charge in [-0.3, -0.25) is 9.59 Å². The molecule has 0 aromatic carbocycles. The number of rotatable bonds is 24. The van der Waals surface area contributed by atoms with Gasteiger partial charge in [-0.05, 0) is 12.8 Å². The number of carbonyl (C=O) groups is 2. The monoisotopic (exact) mass is 456 g/mol. The highest BCUT2D eigenvalue weighted by Crippen LogP contribution is 2.20. The van der Waals surface area contributed by atoms with Crippen LogP contribution in [-0.2, 0) is 9.59 Å². The van der Waals surface area contributed by atoms with Gasteiger partial charge in [-0.25, -0.2) is 0 Å². The number of carbonyl (C=O) groups excluding carboxylic acids is 2. The van der Waals surface area contributed by atoms with Gasteiger partial charge in [-0.15, -0.1) is 0 Å². The van der Waals surface area contributed by atoms with E-state index in [0.29, 0.717) is 12.8 Å². The third kappa shape index (κ3) is 14.4. The standard InChI is InChI=1S/C27H52O5/c1-3-5-7-8-9-10-11-12-13-14-15-16-17-18-20-22-25(30)27(32,23-28)26(31)24(29)21-19-6-4-2/h26,28,31-32H,3-23H2,1-2H3. The third-order valence-corrected chi connectivity index (χ3v) is 6.52. The second kappa shape index (κ2) is 20.8. The molecule has 32 heavy (non-hydrogen) atoms. The molecule has 0 spiro atoms. The molecule has 3 N–H and O–H groups in total. The molecule has 0 aliphatic carbocycles. The summed E-state index contributed by atoms with van der Waals surface area (Å²) in [6.07, 6.45) is 19.1. The molecule has 0 heterocycles. The Balaban J connectivity index is 3.80. The number of Topliss-reactive ketones (excluding diaryl/α,β-unsaturated/α-hetero) is 2. The predicted octanol–water partition coefficient (Wildman–Crippen LogP) is 6.05. The van der Waals surface area contributed by atoms with Gasteiger partial charge in [0.1, 0.15) is 0 Å². The second-order valence-corrected chi connectivity index (χ2v) is 9.53. The zero-order valence-corrected chi connectivity index (χ0v) is 21.1. The molecule has 190 valence electrons. The van der Waals surface area contributed by atoms with Crippen LogP contribution in [0.4, 0.5) is 0 Å². The van der Waals surface area contributed by atoms with Gasteiger partial charge in [0, 0.05) is 12.8 Å². The Labute approximate surface area is 197 Å². The Morgan fingerprint density at radius 1 is 0.625 bits per heavy atom. The molecule has 0 radical (unpaired) electrons. The third-order valence-electron chi connectivity index (χ3n) is 6.52. The molecule has 0 aromatic heterocycles. The zero-order chi connectivity index (χ0) is 24.1. The molecule has 0 saturated heterocycles. The number of aliphatic hydroxyl groups excluding tert-OH is 2. The Hall–Kier alpha value is -0.780. The topological polar surface area (TPSA) is 94.8 Å². The average molecular weight is 457 g/mol. The van der Waals surface area contributed by atoms with E-state index in [-0.39, 0.29) is 12.8 Å². The first kappa shape index (κ1) is 31.2. The molecule has 2 atom stereocenters. The summed E-state index contributed by atoms with van der Waals surface area (Å²) >= 11 is 0. The zero-order valence-electron chi connectivity index (χ0n) is 21.1. The first-order valence-electron chi connectivity index (χ1n) is 13.5. The number of hydrogen-bond acceptors (Lipinski definition) is 5. The maximum atomic E-state index is 12.4. The molecular formula is C27H52O5. The minimum Gasteiger partial charge on any atom is -0.393 e. The van der Waals surface area contributed by atoms with Crippen molar-refractivity contribution in [1.29, 1.82) is 0 Å². The molecule has 0 amide bonds. The molecule has 0 saturated carbocycles. The molecule has 0 aliphatic rings. The van der Waals surface area contributed by atoms with Crippen LogP contribution in [0.1, 0.15) is 142 Å². The lowest BCUT2D eigenvalue weighted by atomic mass is 9.86. The lowest BCUT2D eigenvalue weighted by Crippen LogP contribution is -2.55. The van der Waals surface area contributed by atoms with Crippen molar-refractivity contribution in [3.8, 4) is 0 Å². The average Bonchev–Trinajstić information content (AvgIpc) is 2.80. The lowest BCUT2D eigenvalue weighted by Gasteiger charge is -2.28. The van der Waals surface area contributed by atoms with Gasteiger partial charge in [0.15, 0.2) is 23.3 Å². The summed E-state index contributed by atoms with van der Waals surface area (Å²) in [5, 5.41) is 30.1. The van der Waals surface area contributed by atoms with E-state index in [0.717, 1.165) is 32.1 Å². The Morgan fingerprint density at radius 2 is 0.969 bits per heavy atom. The van der Waals surface area contributed by atoms with E-state index in [1.54, 1.807) is 0 Å². The molecular weight excluding hydrogens is 404 g/mol. The Bertz CT molecular complexity index is 465. The van der Waals surface area contributed by atoms with Gasteiger partial charge >= 0.3 is 0 Å². The molecule has 0 bridgehead atoms. The van der Waals surface area contributed by atoms with Crippen molar-refractivity contribution in [2.24, 2.45) is 0 Å². The fourth-order valence-electron chi connectivity index (χ4n) is 4.15. The maximum absolute atomic E-state index is 12.4. The number of unbranched alkanes of at least 4 members (excludes halogenated alkanes) is 16. The van der Waals surface area contributed by atoms with Crippen LogP contribution in [0, 0.1) is 0 Å². The summed E-state index contributed by atoms with van der Waals surface area (Å²) in [5.41, 5.74) is -2.36. The molecule has 5 heteroatoms. The summed E-state index contributed by atoms with van der Waals surface area (Å²) in [5.74, 6) is -1.20. The minimum absolute atomic E-state index is 0.0780. The Kier molecular flexibility index (Phi) is 20.3. The molecule has 0 fully saturated rings. The van der Waals surface area contributed by atoms with Crippen LogP contribution in [0.2, 0.25) is 0 Å². The number of hydrogen-bond donors (Lipinski definition) is 3. The van der Waals surface area contributed by atoms with Crippen LogP contribution in [-0.4, -0.2) is 45.2 Å². The summed E-state index contributed by atoms with van der Waals surface area (Å²) in [4.78, 5) is 24.5. The summed E-state index contributed by atoms with van der Waals surface area (Å²) < 4.78 is 0. The van der Waals surface area contributed by atoms with Gasteiger partial charge in [0.25, 0.3) is 0 Å². The van der Waals surface area contributed by atoms with Crippen molar-refractivity contribution in [2.75, 3.05) is 6.61 Å². The molecule has 2 unspecified atom stereocenters. The highest BCUT2D eigenvalue weighted by molar-refractivity contribution is 5.96. The maximum Gasteiger partial charge on any atom is 0.178 e. The summed E-state index contributed by atoms with van der Waals surface area (Å²) in [7, 11) is 0. The lowest BCUT2D eigenvalue weighted by molar-refractivity contribution is -0.165. The molecule has 0 rings (SSSR count). The van der Waals surface area contributed by atoms with Crippen LogP contribution in [0.5, 0.6) is 0 Å². The van der Waals surface area contributed by atoms with Crippen molar-refractivity contribution < 1.29 is 24.9 Å². The van der Waals surface area contributed by atoms with Gasteiger partial charge in [0.05, 0.1) is 6.61 Å². The quantitative estimate of drug-likeness (QED) is 0.154. The van der Waals surface area contributed by atoms with E-state index >= 15 is 0 Å². The molecule has 0 aliphatic heterocycles. The van der Waals surface area contributed by atoms with Crippen molar-refractivity contribution in [3.05, 3.63) is 0 Å². The first-order chi connectivity index (χ1) is 15.4. The van der Waals surface area contributed by atoms with E-state index < -0.39 is 29.9 Å². The van der Waals surface area contributed by atoms with Crippen LogP contribution in [0.25, 0.3) is 0 Å². The largest absolute Gasteiger partial charge is 0.393 e. The van der Waals surface area contributed by atoms with E-state index in [9.17, 15) is 24.9 Å². The highest BCUT2D eigenvalue weighted by atomic mass is 16.4. The van der Waals surface area contributed by atoms with Crippen molar-refractivity contribution >= 4 is 11.6 Å². The van der Waals surface area contributed by atoms with E-state index in [1.165, 1.54) is 70.6 Å². The van der Waals surface area contributed by atoms with Crippen molar-refractivity contribution in [3.63, 3.8) is 0 Å². The van der Waals surface area contributed by atoms with E-state index in [4.69, 9.17) is 0 Å². The smallest absolute Gasteiger partial charge is 0.178 e. The van der Waals surface area contributed by atoms with Crippen molar-refractivity contribution in [1.82, 2.24) is 0 Å². The van der Waals surface area contributed by atoms with Crippen LogP contribution in [0.3, 0.4) is 0 Å². The minimum atomic E-state index is -2.36. The predicted molar refractivity (Wildman–Crippen MR) is 132 cm³/mol. The number of aliphatic hydroxyl groups is 3. The fraction of sp³-hybridized carbons (Fsp3) is 0.926. The second-order valence-electron chi connectivity index (χ2n) is 9.53. The molecule has 0 aromatic rings. The highest BCUT2D eigenvalue weighted by Gasteiger charge is 2.45.